The van der Waals surface area contributed by atoms with Gasteiger partial charge in [0.1, 0.15) is 0 Å². The van der Waals surface area contributed by atoms with Crippen molar-refractivity contribution in [3.8, 4) is 45.2 Å². The van der Waals surface area contributed by atoms with Gasteiger partial charge < -0.3 is 0 Å². The minimum Gasteiger partial charge on any atom is -0.246 e. The number of hydrogen-bond donors (Lipinski definition) is 0. The molecule has 0 aliphatic heterocycles. The van der Waals surface area contributed by atoms with Gasteiger partial charge in [-0.3, -0.25) is 0 Å². The Hall–Kier alpha value is -6.71. The van der Waals surface area contributed by atoms with E-state index in [-0.39, 0.29) is 0 Å². The molecular formula is C47H29N3. The average molecular weight is 636 g/mol. The lowest BCUT2D eigenvalue weighted by Crippen LogP contribution is -1.96. The molecule has 8 aromatic carbocycles. The normalized spacial score (nSPS) is 11.6. The van der Waals surface area contributed by atoms with Crippen LogP contribution in [0.3, 0.4) is 0 Å². The number of pyridine rings is 1. The van der Waals surface area contributed by atoms with Crippen LogP contribution < -0.4 is 0 Å². The lowest BCUT2D eigenvalue weighted by Gasteiger charge is -2.16. The van der Waals surface area contributed by atoms with E-state index in [4.69, 9.17) is 15.0 Å². The molecule has 0 saturated carbocycles. The minimum absolute atomic E-state index is 0.692. The lowest BCUT2D eigenvalue weighted by atomic mass is 9.91. The van der Waals surface area contributed by atoms with Gasteiger partial charge in [-0.05, 0) is 50.5 Å². The second-order valence-corrected chi connectivity index (χ2v) is 12.8. The SMILES string of the molecule is c1ccc(-c2cc(-c3ccccc3)nc(-c3ccc(-c4nc5c6cc7ccccc7cc6c6ccccc6c5c5ccccc45)cc3)n2)cc1. The van der Waals surface area contributed by atoms with Crippen LogP contribution in [0.5, 0.6) is 0 Å². The second-order valence-electron chi connectivity index (χ2n) is 12.8. The van der Waals surface area contributed by atoms with Gasteiger partial charge >= 0.3 is 0 Å². The van der Waals surface area contributed by atoms with E-state index < -0.39 is 0 Å². The summed E-state index contributed by atoms with van der Waals surface area (Å²) in [6.07, 6.45) is 0. The Morgan fingerprint density at radius 2 is 0.780 bits per heavy atom. The number of benzene rings is 8. The van der Waals surface area contributed by atoms with E-state index in [0.717, 1.165) is 50.2 Å². The Morgan fingerprint density at radius 1 is 0.300 bits per heavy atom. The van der Waals surface area contributed by atoms with Crippen molar-refractivity contribution in [1.82, 2.24) is 15.0 Å². The molecule has 3 heteroatoms. The van der Waals surface area contributed by atoms with E-state index in [0.29, 0.717) is 5.82 Å². The zero-order valence-electron chi connectivity index (χ0n) is 27.1. The summed E-state index contributed by atoms with van der Waals surface area (Å²) < 4.78 is 0. The van der Waals surface area contributed by atoms with Gasteiger partial charge in [0.05, 0.1) is 22.6 Å². The molecule has 0 bridgehead atoms. The fourth-order valence-electron chi connectivity index (χ4n) is 7.41. The highest BCUT2D eigenvalue weighted by Gasteiger charge is 2.18. The predicted molar refractivity (Wildman–Crippen MR) is 209 cm³/mol. The van der Waals surface area contributed by atoms with E-state index in [1.807, 2.05) is 36.4 Å². The Balaban J connectivity index is 1.18. The molecule has 0 saturated heterocycles. The van der Waals surface area contributed by atoms with E-state index in [9.17, 15) is 0 Å². The van der Waals surface area contributed by atoms with Crippen molar-refractivity contribution in [2.24, 2.45) is 0 Å². The highest BCUT2D eigenvalue weighted by atomic mass is 14.9. The monoisotopic (exact) mass is 635 g/mol. The number of nitrogens with zero attached hydrogens (tertiary/aromatic N) is 3. The molecule has 3 nitrogen and oxygen atoms in total. The van der Waals surface area contributed by atoms with Crippen LogP contribution in [-0.4, -0.2) is 15.0 Å². The summed E-state index contributed by atoms with van der Waals surface area (Å²) >= 11 is 0. The summed E-state index contributed by atoms with van der Waals surface area (Å²) in [5.41, 5.74) is 7.91. The molecule has 10 rings (SSSR count). The molecule has 0 radical (unpaired) electrons. The number of fused-ring (bicyclic) bond motifs is 9. The van der Waals surface area contributed by atoms with Gasteiger partial charge in [-0.25, -0.2) is 15.0 Å². The maximum atomic E-state index is 5.54. The molecule has 0 amide bonds. The second kappa shape index (κ2) is 11.5. The number of hydrogen-bond acceptors (Lipinski definition) is 3. The maximum absolute atomic E-state index is 5.54. The average Bonchev–Trinajstić information content (AvgIpc) is 3.20. The van der Waals surface area contributed by atoms with Gasteiger partial charge in [0.2, 0.25) is 0 Å². The van der Waals surface area contributed by atoms with Crippen LogP contribution in [0.15, 0.2) is 176 Å². The highest BCUT2D eigenvalue weighted by molar-refractivity contribution is 6.32. The van der Waals surface area contributed by atoms with Gasteiger partial charge in [-0.2, -0.15) is 0 Å². The molecule has 2 heterocycles. The first-order chi connectivity index (χ1) is 24.8. The van der Waals surface area contributed by atoms with E-state index in [1.165, 1.54) is 43.1 Å². The Bertz CT molecular complexity index is 2830. The van der Waals surface area contributed by atoms with Gasteiger partial charge in [0, 0.05) is 38.4 Å². The maximum Gasteiger partial charge on any atom is 0.160 e. The van der Waals surface area contributed by atoms with Crippen molar-refractivity contribution >= 4 is 54.0 Å². The largest absolute Gasteiger partial charge is 0.246 e. The van der Waals surface area contributed by atoms with Crippen LogP contribution in [0.4, 0.5) is 0 Å². The quantitative estimate of drug-likeness (QED) is 0.143. The predicted octanol–water partition coefficient (Wildman–Crippen LogP) is 12.3. The van der Waals surface area contributed by atoms with Crippen molar-refractivity contribution in [2.75, 3.05) is 0 Å². The topological polar surface area (TPSA) is 38.7 Å². The van der Waals surface area contributed by atoms with Gasteiger partial charge in [0.15, 0.2) is 5.82 Å². The summed E-state index contributed by atoms with van der Waals surface area (Å²) in [4.78, 5) is 15.6. The molecule has 0 aliphatic carbocycles. The molecule has 0 spiro atoms. The molecule has 232 valence electrons. The summed E-state index contributed by atoms with van der Waals surface area (Å²) in [7, 11) is 0. The van der Waals surface area contributed by atoms with Crippen molar-refractivity contribution < 1.29 is 0 Å². The van der Waals surface area contributed by atoms with Gasteiger partial charge in [0.25, 0.3) is 0 Å². The molecule has 50 heavy (non-hydrogen) atoms. The summed E-state index contributed by atoms with van der Waals surface area (Å²) in [5, 5.41) is 10.8. The summed E-state index contributed by atoms with van der Waals surface area (Å²) in [6.45, 7) is 0. The first kappa shape index (κ1) is 28.3. The van der Waals surface area contributed by atoms with Crippen molar-refractivity contribution in [3.63, 3.8) is 0 Å². The van der Waals surface area contributed by atoms with E-state index in [1.54, 1.807) is 0 Å². The zero-order chi connectivity index (χ0) is 33.0. The van der Waals surface area contributed by atoms with Crippen LogP contribution in [-0.2, 0) is 0 Å². The van der Waals surface area contributed by atoms with Gasteiger partial charge in [-0.15, -0.1) is 0 Å². The fourth-order valence-corrected chi connectivity index (χ4v) is 7.41. The minimum atomic E-state index is 0.692. The Morgan fingerprint density at radius 3 is 1.40 bits per heavy atom. The summed E-state index contributed by atoms with van der Waals surface area (Å²) in [5.74, 6) is 0.692. The van der Waals surface area contributed by atoms with Gasteiger partial charge in [-0.1, -0.05) is 158 Å². The number of aromatic nitrogens is 3. The Kier molecular flexibility index (Phi) is 6.49. The smallest absolute Gasteiger partial charge is 0.160 e. The van der Waals surface area contributed by atoms with Crippen LogP contribution in [0.2, 0.25) is 0 Å². The van der Waals surface area contributed by atoms with E-state index in [2.05, 4.69) is 140 Å². The number of rotatable bonds is 4. The van der Waals surface area contributed by atoms with Crippen LogP contribution in [0.1, 0.15) is 0 Å². The van der Waals surface area contributed by atoms with Crippen molar-refractivity contribution in [2.45, 2.75) is 0 Å². The molecule has 10 aromatic rings. The van der Waals surface area contributed by atoms with Crippen molar-refractivity contribution in [1.29, 1.82) is 0 Å². The van der Waals surface area contributed by atoms with Crippen LogP contribution >= 0.6 is 0 Å². The highest BCUT2D eigenvalue weighted by Crippen LogP contribution is 2.42. The fraction of sp³-hybridized carbons (Fsp3) is 0. The zero-order valence-corrected chi connectivity index (χ0v) is 27.1. The third kappa shape index (κ3) is 4.63. The van der Waals surface area contributed by atoms with Crippen LogP contribution in [0, 0.1) is 0 Å². The lowest BCUT2D eigenvalue weighted by molar-refractivity contribution is 1.18. The molecule has 0 aliphatic rings. The first-order valence-corrected chi connectivity index (χ1v) is 16.9. The molecule has 2 aromatic heterocycles. The van der Waals surface area contributed by atoms with Crippen molar-refractivity contribution in [3.05, 3.63) is 176 Å². The standard InChI is InChI=1S/C47H29N3/c1-3-13-30(14-4-1)42-29-43(31-15-5-2-6-16-31)49-47(48-42)33-25-23-32(24-26-33)45-39-22-12-11-21-38(39)44-37-20-10-9-19-36(37)40-27-34-17-7-8-18-35(34)28-41(40)46(44)50-45/h1-29H. The Labute approximate surface area is 289 Å². The molecule has 0 atom stereocenters. The van der Waals surface area contributed by atoms with Crippen LogP contribution in [0.25, 0.3) is 99.2 Å². The third-order valence-electron chi connectivity index (χ3n) is 9.82. The van der Waals surface area contributed by atoms with E-state index >= 15 is 0 Å². The molecule has 0 unspecified atom stereocenters. The molecule has 0 N–H and O–H groups in total. The third-order valence-corrected chi connectivity index (χ3v) is 9.82. The summed E-state index contributed by atoms with van der Waals surface area (Å²) in [6, 6.07) is 61.9. The molecular weight excluding hydrogens is 607 g/mol. The first-order valence-electron chi connectivity index (χ1n) is 16.9. The molecule has 0 fully saturated rings.